The first-order valence-corrected chi connectivity index (χ1v) is 12.2. The van der Waals surface area contributed by atoms with Crippen LogP contribution in [0.1, 0.15) is 28.0 Å². The van der Waals surface area contributed by atoms with Gasteiger partial charge in [0, 0.05) is 68.5 Å². The standard InChI is InChI=1S/C26H29N9O2/c1-18-4-2-5-19-14-20(15-31-26(37)23-24(27)30-7-6-29-23)25(32-22(18)19)35-10-3-9-34(12-13-35)21(36)16-33-11-8-28-17-33/h2,4-8,11,14,17H,3,9-10,12-13,15-16H2,1H3,(H2,27,30)(H,31,37). The summed E-state index contributed by atoms with van der Waals surface area (Å²) in [5.41, 5.74) is 8.80. The maximum absolute atomic E-state index is 12.9. The van der Waals surface area contributed by atoms with Gasteiger partial charge < -0.3 is 25.4 Å². The first kappa shape index (κ1) is 24.2. The van der Waals surface area contributed by atoms with Crippen LogP contribution in [0.5, 0.6) is 0 Å². The molecule has 11 nitrogen and oxygen atoms in total. The Bertz CT molecular complexity index is 1420. The number of pyridine rings is 1. The van der Waals surface area contributed by atoms with E-state index in [1.807, 2.05) is 30.0 Å². The van der Waals surface area contributed by atoms with Gasteiger partial charge in [-0.1, -0.05) is 18.2 Å². The second-order valence-electron chi connectivity index (χ2n) is 9.05. The van der Waals surface area contributed by atoms with Crippen LogP contribution in [0.4, 0.5) is 11.6 Å². The highest BCUT2D eigenvalue weighted by molar-refractivity contribution is 5.96. The van der Waals surface area contributed by atoms with E-state index in [-0.39, 0.29) is 30.5 Å². The van der Waals surface area contributed by atoms with E-state index >= 15 is 0 Å². The number of carbonyl (C=O) groups excluding carboxylic acids is 2. The molecule has 4 heterocycles. The van der Waals surface area contributed by atoms with Crippen LogP contribution in [0, 0.1) is 6.92 Å². The maximum Gasteiger partial charge on any atom is 0.273 e. The third kappa shape index (κ3) is 5.35. The molecule has 190 valence electrons. The summed E-state index contributed by atoms with van der Waals surface area (Å²) in [6.07, 6.45) is 8.81. The molecule has 1 aliphatic heterocycles. The van der Waals surface area contributed by atoms with Crippen molar-refractivity contribution in [1.29, 1.82) is 0 Å². The number of fused-ring (bicyclic) bond motifs is 1. The molecule has 3 N–H and O–H groups in total. The number of imidazole rings is 1. The molecule has 0 unspecified atom stereocenters. The van der Waals surface area contributed by atoms with Crippen LogP contribution in [-0.2, 0) is 17.9 Å². The topological polar surface area (TPSA) is 135 Å². The predicted octanol–water partition coefficient (Wildman–Crippen LogP) is 1.78. The molecule has 3 aromatic heterocycles. The average molecular weight is 500 g/mol. The molecule has 0 aliphatic carbocycles. The minimum Gasteiger partial charge on any atom is -0.382 e. The van der Waals surface area contributed by atoms with Gasteiger partial charge in [-0.2, -0.15) is 0 Å². The van der Waals surface area contributed by atoms with Gasteiger partial charge in [-0.05, 0) is 25.0 Å². The summed E-state index contributed by atoms with van der Waals surface area (Å²) in [5.74, 6) is 0.558. The van der Waals surface area contributed by atoms with Crippen molar-refractivity contribution in [3.8, 4) is 0 Å². The molecule has 37 heavy (non-hydrogen) atoms. The largest absolute Gasteiger partial charge is 0.382 e. The lowest BCUT2D eigenvalue weighted by atomic mass is 10.1. The SMILES string of the molecule is Cc1cccc2cc(CNC(=O)c3nccnc3N)c(N3CCCN(C(=O)Cn4ccnc4)CC3)nc12. The number of amides is 2. The molecule has 5 rings (SSSR count). The lowest BCUT2D eigenvalue weighted by Crippen LogP contribution is -2.37. The first-order valence-electron chi connectivity index (χ1n) is 12.2. The van der Waals surface area contributed by atoms with E-state index in [2.05, 4.69) is 31.2 Å². The Balaban J connectivity index is 1.38. The lowest BCUT2D eigenvalue weighted by Gasteiger charge is -2.26. The molecular weight excluding hydrogens is 470 g/mol. The molecule has 11 heteroatoms. The van der Waals surface area contributed by atoms with E-state index in [1.165, 1.54) is 12.4 Å². The number of nitrogens with one attached hydrogen (secondary N) is 1. The van der Waals surface area contributed by atoms with Crippen LogP contribution in [0.2, 0.25) is 0 Å². The Hall–Kier alpha value is -4.54. The van der Waals surface area contributed by atoms with Crippen molar-refractivity contribution in [1.82, 2.24) is 34.7 Å². The summed E-state index contributed by atoms with van der Waals surface area (Å²) < 4.78 is 1.78. The van der Waals surface area contributed by atoms with Crippen molar-refractivity contribution in [2.45, 2.75) is 26.4 Å². The Labute approximate surface area is 214 Å². The first-order chi connectivity index (χ1) is 18.0. The van der Waals surface area contributed by atoms with Crippen molar-refractivity contribution in [3.63, 3.8) is 0 Å². The summed E-state index contributed by atoms with van der Waals surface area (Å²) in [5, 5.41) is 3.92. The average Bonchev–Trinajstić information content (AvgIpc) is 3.28. The molecule has 1 saturated heterocycles. The van der Waals surface area contributed by atoms with Crippen LogP contribution in [-0.4, -0.2) is 67.4 Å². The summed E-state index contributed by atoms with van der Waals surface area (Å²) in [7, 11) is 0. The second kappa shape index (κ2) is 10.6. The zero-order chi connectivity index (χ0) is 25.8. The zero-order valence-electron chi connectivity index (χ0n) is 20.7. The Kier molecular flexibility index (Phi) is 6.93. The fourth-order valence-electron chi connectivity index (χ4n) is 4.58. The van der Waals surface area contributed by atoms with Crippen molar-refractivity contribution in [3.05, 3.63) is 72.2 Å². The van der Waals surface area contributed by atoms with Gasteiger partial charge in [-0.25, -0.2) is 19.9 Å². The van der Waals surface area contributed by atoms with Crippen molar-refractivity contribution < 1.29 is 9.59 Å². The van der Waals surface area contributed by atoms with Crippen LogP contribution < -0.4 is 16.0 Å². The number of carbonyl (C=O) groups is 2. The monoisotopic (exact) mass is 499 g/mol. The molecular formula is C26H29N9O2. The zero-order valence-corrected chi connectivity index (χ0v) is 20.7. The number of nitrogens with zero attached hydrogens (tertiary/aromatic N) is 7. The highest BCUT2D eigenvalue weighted by Crippen LogP contribution is 2.27. The fraction of sp³-hybridized carbons (Fsp3) is 0.308. The summed E-state index contributed by atoms with van der Waals surface area (Å²) in [6.45, 7) is 5.21. The van der Waals surface area contributed by atoms with Gasteiger partial charge in [0.2, 0.25) is 5.91 Å². The number of nitrogens with two attached hydrogens (primary N) is 1. The number of para-hydroxylation sites is 1. The Morgan fingerprint density at radius 1 is 1.08 bits per heavy atom. The summed E-state index contributed by atoms with van der Waals surface area (Å²) in [6, 6.07) is 8.12. The molecule has 0 saturated carbocycles. The Morgan fingerprint density at radius 3 is 2.76 bits per heavy atom. The number of anilines is 2. The van der Waals surface area contributed by atoms with Gasteiger partial charge in [0.15, 0.2) is 11.5 Å². The molecule has 0 bridgehead atoms. The predicted molar refractivity (Wildman–Crippen MR) is 140 cm³/mol. The van der Waals surface area contributed by atoms with E-state index in [0.717, 1.165) is 40.8 Å². The van der Waals surface area contributed by atoms with Crippen molar-refractivity contribution in [2.24, 2.45) is 0 Å². The lowest BCUT2D eigenvalue weighted by molar-refractivity contribution is -0.131. The quantitative estimate of drug-likeness (QED) is 0.410. The highest BCUT2D eigenvalue weighted by atomic mass is 16.2. The van der Waals surface area contributed by atoms with Gasteiger partial charge in [0.05, 0.1) is 11.8 Å². The van der Waals surface area contributed by atoms with Gasteiger partial charge in [-0.3, -0.25) is 9.59 Å². The fourth-order valence-corrected chi connectivity index (χ4v) is 4.58. The normalized spacial score (nSPS) is 14.0. The smallest absolute Gasteiger partial charge is 0.273 e. The third-order valence-electron chi connectivity index (χ3n) is 6.51. The van der Waals surface area contributed by atoms with E-state index in [9.17, 15) is 9.59 Å². The molecule has 1 aliphatic rings. The van der Waals surface area contributed by atoms with Crippen molar-refractivity contribution >= 4 is 34.4 Å². The van der Waals surface area contributed by atoms with Crippen LogP contribution in [0.25, 0.3) is 10.9 Å². The maximum atomic E-state index is 12.9. The summed E-state index contributed by atoms with van der Waals surface area (Å²) >= 11 is 0. The van der Waals surface area contributed by atoms with Crippen molar-refractivity contribution in [2.75, 3.05) is 36.8 Å². The Morgan fingerprint density at radius 2 is 1.95 bits per heavy atom. The number of hydrogen-bond donors (Lipinski definition) is 2. The van der Waals surface area contributed by atoms with Crippen LogP contribution in [0.15, 0.2) is 55.4 Å². The van der Waals surface area contributed by atoms with Gasteiger partial charge in [0.25, 0.3) is 5.91 Å². The van der Waals surface area contributed by atoms with Gasteiger partial charge in [0.1, 0.15) is 12.4 Å². The minimum absolute atomic E-state index is 0.0659. The summed E-state index contributed by atoms with van der Waals surface area (Å²) in [4.78, 5) is 46.8. The minimum atomic E-state index is -0.395. The highest BCUT2D eigenvalue weighted by Gasteiger charge is 2.23. The van der Waals surface area contributed by atoms with Gasteiger partial charge >= 0.3 is 0 Å². The molecule has 2 amide bonds. The van der Waals surface area contributed by atoms with Crippen LogP contribution in [0.3, 0.4) is 0 Å². The van der Waals surface area contributed by atoms with E-state index in [1.54, 1.807) is 23.3 Å². The van der Waals surface area contributed by atoms with E-state index in [4.69, 9.17) is 10.7 Å². The number of aryl methyl sites for hydroxylation is 1. The number of nitrogen functional groups attached to an aromatic ring is 1. The van der Waals surface area contributed by atoms with Gasteiger partial charge in [-0.15, -0.1) is 0 Å². The molecule has 1 aromatic carbocycles. The van der Waals surface area contributed by atoms with E-state index < -0.39 is 5.91 Å². The van der Waals surface area contributed by atoms with E-state index in [0.29, 0.717) is 19.6 Å². The molecule has 0 spiro atoms. The number of rotatable bonds is 6. The molecule has 1 fully saturated rings. The molecule has 4 aromatic rings. The number of benzene rings is 1. The third-order valence-corrected chi connectivity index (χ3v) is 6.51. The molecule has 0 radical (unpaired) electrons. The van der Waals surface area contributed by atoms with Crippen LogP contribution >= 0.6 is 0 Å². The second-order valence-corrected chi connectivity index (χ2v) is 9.05. The molecule has 0 atom stereocenters. The number of aromatic nitrogens is 5. The number of hydrogen-bond acceptors (Lipinski definition) is 8.